The van der Waals surface area contributed by atoms with Crippen LogP contribution < -0.4 is 5.32 Å². The highest BCUT2D eigenvalue weighted by Crippen LogP contribution is 2.11. The SMILES string of the molecule is COCCc1nnc(CCCNCC(C)C)s1. The van der Waals surface area contributed by atoms with Crippen molar-refractivity contribution in [1.29, 1.82) is 0 Å². The zero-order valence-electron chi connectivity index (χ0n) is 11.0. The molecule has 0 unspecified atom stereocenters. The van der Waals surface area contributed by atoms with Gasteiger partial charge in [0.25, 0.3) is 0 Å². The van der Waals surface area contributed by atoms with Gasteiger partial charge in [-0.15, -0.1) is 21.5 Å². The van der Waals surface area contributed by atoms with E-state index in [4.69, 9.17) is 4.74 Å². The Balaban J connectivity index is 2.12. The first-order valence-electron chi connectivity index (χ1n) is 6.23. The highest BCUT2D eigenvalue weighted by molar-refractivity contribution is 7.11. The Morgan fingerprint density at radius 1 is 1.24 bits per heavy atom. The van der Waals surface area contributed by atoms with Crippen molar-refractivity contribution in [3.05, 3.63) is 10.0 Å². The first kappa shape index (κ1) is 14.5. The van der Waals surface area contributed by atoms with E-state index < -0.39 is 0 Å². The van der Waals surface area contributed by atoms with Gasteiger partial charge >= 0.3 is 0 Å². The van der Waals surface area contributed by atoms with Crippen molar-refractivity contribution in [2.24, 2.45) is 5.92 Å². The molecule has 0 atom stereocenters. The maximum Gasteiger partial charge on any atom is 0.119 e. The summed E-state index contributed by atoms with van der Waals surface area (Å²) in [6, 6.07) is 0. The largest absolute Gasteiger partial charge is 0.384 e. The summed E-state index contributed by atoms with van der Waals surface area (Å²) >= 11 is 1.71. The van der Waals surface area contributed by atoms with Gasteiger partial charge in [0, 0.05) is 20.0 Å². The molecule has 1 aromatic heterocycles. The van der Waals surface area contributed by atoms with Crippen LogP contribution in [0.2, 0.25) is 0 Å². The van der Waals surface area contributed by atoms with E-state index >= 15 is 0 Å². The second kappa shape index (κ2) is 8.55. The number of methoxy groups -OCH3 is 1. The van der Waals surface area contributed by atoms with Crippen LogP contribution in [0.1, 0.15) is 30.3 Å². The molecule has 1 heterocycles. The number of nitrogens with one attached hydrogen (secondary N) is 1. The number of ether oxygens (including phenoxy) is 1. The topological polar surface area (TPSA) is 47.0 Å². The molecule has 0 fully saturated rings. The van der Waals surface area contributed by atoms with E-state index in [1.807, 2.05) is 0 Å². The van der Waals surface area contributed by atoms with Crippen LogP contribution in [0.3, 0.4) is 0 Å². The van der Waals surface area contributed by atoms with Crippen LogP contribution in [0.15, 0.2) is 0 Å². The van der Waals surface area contributed by atoms with Gasteiger partial charge in [-0.25, -0.2) is 0 Å². The summed E-state index contributed by atoms with van der Waals surface area (Å²) in [7, 11) is 1.71. The minimum absolute atomic E-state index is 0.720. The van der Waals surface area contributed by atoms with E-state index in [2.05, 4.69) is 29.4 Å². The lowest BCUT2D eigenvalue weighted by Gasteiger charge is -2.05. The fraction of sp³-hybridized carbons (Fsp3) is 0.833. The first-order valence-corrected chi connectivity index (χ1v) is 7.05. The standard InChI is InChI=1S/C12H23N3OS/c1-10(2)9-13-7-4-5-11-14-15-12(17-11)6-8-16-3/h10,13H,4-9H2,1-3H3. The minimum atomic E-state index is 0.720. The number of hydrogen-bond acceptors (Lipinski definition) is 5. The van der Waals surface area contributed by atoms with Crippen molar-refractivity contribution >= 4 is 11.3 Å². The molecule has 0 saturated heterocycles. The van der Waals surface area contributed by atoms with Crippen LogP contribution in [0, 0.1) is 5.92 Å². The van der Waals surface area contributed by atoms with Crippen molar-refractivity contribution in [3.63, 3.8) is 0 Å². The highest BCUT2D eigenvalue weighted by atomic mass is 32.1. The van der Waals surface area contributed by atoms with Crippen LogP contribution in [0.4, 0.5) is 0 Å². The summed E-state index contributed by atoms with van der Waals surface area (Å²) in [5.74, 6) is 0.720. The Labute approximate surface area is 108 Å². The predicted molar refractivity (Wildman–Crippen MR) is 71.5 cm³/mol. The van der Waals surface area contributed by atoms with Gasteiger partial charge in [-0.3, -0.25) is 0 Å². The molecule has 0 aromatic carbocycles. The Hall–Kier alpha value is -0.520. The zero-order valence-corrected chi connectivity index (χ0v) is 11.8. The van der Waals surface area contributed by atoms with Crippen LogP contribution in [0.25, 0.3) is 0 Å². The minimum Gasteiger partial charge on any atom is -0.384 e. The molecule has 0 saturated carbocycles. The van der Waals surface area contributed by atoms with Gasteiger partial charge < -0.3 is 10.1 Å². The summed E-state index contributed by atoms with van der Waals surface area (Å²) in [5, 5.41) is 14.0. The molecule has 0 aliphatic carbocycles. The number of aryl methyl sites for hydroxylation is 1. The summed E-state index contributed by atoms with van der Waals surface area (Å²) in [4.78, 5) is 0. The fourth-order valence-corrected chi connectivity index (χ4v) is 2.30. The number of hydrogen-bond donors (Lipinski definition) is 1. The molecule has 0 aliphatic heterocycles. The van der Waals surface area contributed by atoms with E-state index in [-0.39, 0.29) is 0 Å². The van der Waals surface area contributed by atoms with Crippen molar-refractivity contribution in [2.75, 3.05) is 26.8 Å². The molecular formula is C12H23N3OS. The van der Waals surface area contributed by atoms with E-state index in [0.29, 0.717) is 0 Å². The predicted octanol–water partition coefficient (Wildman–Crippen LogP) is 1.91. The van der Waals surface area contributed by atoms with Crippen LogP contribution in [0.5, 0.6) is 0 Å². The fourth-order valence-electron chi connectivity index (χ4n) is 1.44. The molecule has 5 heteroatoms. The third kappa shape index (κ3) is 6.71. The average Bonchev–Trinajstić information content (AvgIpc) is 2.73. The molecule has 1 aromatic rings. The Kier molecular flexibility index (Phi) is 7.32. The Bertz CT molecular complexity index is 302. The molecule has 1 rings (SSSR count). The molecule has 1 N–H and O–H groups in total. The monoisotopic (exact) mass is 257 g/mol. The molecule has 0 spiro atoms. The maximum absolute atomic E-state index is 5.02. The van der Waals surface area contributed by atoms with Crippen LogP contribution in [-0.4, -0.2) is 37.0 Å². The van der Waals surface area contributed by atoms with Gasteiger partial charge in [-0.05, 0) is 25.4 Å². The number of rotatable bonds is 9. The summed E-state index contributed by atoms with van der Waals surface area (Å²) in [6.07, 6.45) is 3.03. The summed E-state index contributed by atoms with van der Waals surface area (Å²) in [5.41, 5.74) is 0. The summed E-state index contributed by atoms with van der Waals surface area (Å²) < 4.78 is 5.02. The van der Waals surface area contributed by atoms with E-state index in [0.717, 1.165) is 54.9 Å². The Morgan fingerprint density at radius 3 is 2.59 bits per heavy atom. The highest BCUT2D eigenvalue weighted by Gasteiger charge is 2.03. The van der Waals surface area contributed by atoms with Crippen molar-refractivity contribution in [1.82, 2.24) is 15.5 Å². The third-order valence-electron chi connectivity index (χ3n) is 2.33. The van der Waals surface area contributed by atoms with Crippen molar-refractivity contribution in [2.45, 2.75) is 33.1 Å². The Morgan fingerprint density at radius 2 is 1.94 bits per heavy atom. The lowest BCUT2D eigenvalue weighted by atomic mass is 10.2. The van der Waals surface area contributed by atoms with E-state index in [1.165, 1.54) is 0 Å². The van der Waals surface area contributed by atoms with Crippen LogP contribution >= 0.6 is 11.3 Å². The van der Waals surface area contributed by atoms with Gasteiger partial charge in [-0.1, -0.05) is 13.8 Å². The van der Waals surface area contributed by atoms with Crippen molar-refractivity contribution in [3.8, 4) is 0 Å². The van der Waals surface area contributed by atoms with E-state index in [9.17, 15) is 0 Å². The van der Waals surface area contributed by atoms with Gasteiger partial charge in [0.1, 0.15) is 10.0 Å². The molecule has 0 aliphatic rings. The third-order valence-corrected chi connectivity index (χ3v) is 3.37. The normalized spacial score (nSPS) is 11.3. The van der Waals surface area contributed by atoms with Crippen molar-refractivity contribution < 1.29 is 4.74 Å². The zero-order chi connectivity index (χ0) is 12.5. The molecule has 98 valence electrons. The lowest BCUT2D eigenvalue weighted by Crippen LogP contribution is -2.21. The second-order valence-corrected chi connectivity index (χ2v) is 5.68. The maximum atomic E-state index is 5.02. The molecule has 0 radical (unpaired) electrons. The van der Waals surface area contributed by atoms with Crippen LogP contribution in [-0.2, 0) is 17.6 Å². The number of aromatic nitrogens is 2. The average molecular weight is 257 g/mol. The van der Waals surface area contributed by atoms with E-state index in [1.54, 1.807) is 18.4 Å². The molecule has 17 heavy (non-hydrogen) atoms. The molecular weight excluding hydrogens is 234 g/mol. The molecule has 0 amide bonds. The number of nitrogens with zero attached hydrogens (tertiary/aromatic N) is 2. The van der Waals surface area contributed by atoms with Gasteiger partial charge in [0.15, 0.2) is 0 Å². The smallest absolute Gasteiger partial charge is 0.119 e. The molecule has 4 nitrogen and oxygen atoms in total. The first-order chi connectivity index (χ1) is 8.22. The lowest BCUT2D eigenvalue weighted by molar-refractivity contribution is 0.202. The van der Waals surface area contributed by atoms with Gasteiger partial charge in [-0.2, -0.15) is 0 Å². The van der Waals surface area contributed by atoms with Gasteiger partial charge in [0.05, 0.1) is 6.61 Å². The second-order valence-electron chi connectivity index (χ2n) is 4.53. The van der Waals surface area contributed by atoms with Gasteiger partial charge in [0.2, 0.25) is 0 Å². The summed E-state index contributed by atoms with van der Waals surface area (Å²) in [6.45, 7) is 7.32. The quantitative estimate of drug-likeness (QED) is 0.686. The molecule has 0 bridgehead atoms.